The van der Waals surface area contributed by atoms with E-state index in [9.17, 15) is 14.4 Å². The molecule has 4 rings (SSSR count). The number of esters is 1. The largest absolute Gasteiger partial charge is 0.462 e. The maximum absolute atomic E-state index is 13.1. The molecule has 3 aromatic rings. The number of carbonyl (C=O) groups excluding carboxylic acids is 3. The van der Waals surface area contributed by atoms with Gasteiger partial charge in [0.2, 0.25) is 11.8 Å². The molecule has 0 bridgehead atoms. The minimum absolute atomic E-state index is 0.0164. The molecule has 1 aliphatic heterocycles. The van der Waals surface area contributed by atoms with Crippen LogP contribution in [0.2, 0.25) is 0 Å². The SMILES string of the molecule is CCOC(=O)c1cnn(-c2ccc3ccccc3n2)c1NC(=O)C1CC(=O)N(C(C)C)C1. The van der Waals surface area contributed by atoms with Gasteiger partial charge in [0.1, 0.15) is 5.56 Å². The summed E-state index contributed by atoms with van der Waals surface area (Å²) >= 11 is 0. The van der Waals surface area contributed by atoms with E-state index in [1.165, 1.54) is 10.9 Å². The minimum Gasteiger partial charge on any atom is -0.462 e. The predicted molar refractivity (Wildman–Crippen MR) is 118 cm³/mol. The van der Waals surface area contributed by atoms with Crippen molar-refractivity contribution in [1.29, 1.82) is 0 Å². The van der Waals surface area contributed by atoms with E-state index in [4.69, 9.17) is 4.74 Å². The lowest BCUT2D eigenvalue weighted by atomic mass is 10.1. The van der Waals surface area contributed by atoms with Crippen LogP contribution in [0, 0.1) is 5.92 Å². The maximum Gasteiger partial charge on any atom is 0.343 e. The van der Waals surface area contributed by atoms with Gasteiger partial charge in [0.25, 0.3) is 0 Å². The zero-order valence-electron chi connectivity index (χ0n) is 18.2. The third-order valence-corrected chi connectivity index (χ3v) is 5.46. The molecule has 1 unspecified atom stereocenters. The van der Waals surface area contributed by atoms with Gasteiger partial charge in [-0.05, 0) is 39.0 Å². The Balaban J connectivity index is 1.69. The second kappa shape index (κ2) is 8.78. The number of para-hydroxylation sites is 1. The van der Waals surface area contributed by atoms with Gasteiger partial charge >= 0.3 is 5.97 Å². The van der Waals surface area contributed by atoms with Crippen LogP contribution in [0.5, 0.6) is 0 Å². The van der Waals surface area contributed by atoms with Gasteiger partial charge in [0, 0.05) is 24.4 Å². The summed E-state index contributed by atoms with van der Waals surface area (Å²) in [7, 11) is 0. The highest BCUT2D eigenvalue weighted by Crippen LogP contribution is 2.26. The Labute approximate surface area is 185 Å². The Hall–Kier alpha value is -3.75. The summed E-state index contributed by atoms with van der Waals surface area (Å²) in [5.74, 6) is -0.911. The van der Waals surface area contributed by atoms with Crippen LogP contribution in [0.4, 0.5) is 5.82 Å². The quantitative estimate of drug-likeness (QED) is 0.597. The molecule has 1 saturated heterocycles. The number of ether oxygens (including phenoxy) is 1. The molecule has 1 N–H and O–H groups in total. The number of nitrogens with one attached hydrogen (secondary N) is 1. The zero-order valence-corrected chi connectivity index (χ0v) is 18.2. The maximum atomic E-state index is 13.1. The average molecular weight is 435 g/mol. The molecule has 0 aliphatic carbocycles. The van der Waals surface area contributed by atoms with Gasteiger partial charge in [-0.15, -0.1) is 0 Å². The number of pyridine rings is 1. The normalized spacial score (nSPS) is 16.1. The molecule has 1 aromatic carbocycles. The third kappa shape index (κ3) is 4.05. The van der Waals surface area contributed by atoms with Gasteiger partial charge in [-0.3, -0.25) is 9.59 Å². The second-order valence-electron chi connectivity index (χ2n) is 7.93. The second-order valence-corrected chi connectivity index (χ2v) is 7.93. The van der Waals surface area contributed by atoms with Crippen LogP contribution in [0.3, 0.4) is 0 Å². The molecule has 0 saturated carbocycles. The first-order valence-corrected chi connectivity index (χ1v) is 10.6. The molecule has 9 nitrogen and oxygen atoms in total. The van der Waals surface area contributed by atoms with Gasteiger partial charge in [-0.1, -0.05) is 18.2 Å². The molecule has 166 valence electrons. The highest BCUT2D eigenvalue weighted by atomic mass is 16.5. The van der Waals surface area contributed by atoms with E-state index in [2.05, 4.69) is 15.4 Å². The van der Waals surface area contributed by atoms with Crippen molar-refractivity contribution in [2.24, 2.45) is 5.92 Å². The summed E-state index contributed by atoms with van der Waals surface area (Å²) < 4.78 is 6.54. The van der Waals surface area contributed by atoms with E-state index in [1.54, 1.807) is 17.9 Å². The number of likely N-dealkylation sites (tertiary alicyclic amines) is 1. The first-order valence-electron chi connectivity index (χ1n) is 10.6. The lowest BCUT2D eigenvalue weighted by Crippen LogP contribution is -2.33. The Bertz CT molecular complexity index is 1190. The van der Waals surface area contributed by atoms with Crippen LogP contribution in [0.25, 0.3) is 16.7 Å². The van der Waals surface area contributed by atoms with Gasteiger partial charge in [0.15, 0.2) is 11.6 Å². The number of fused-ring (bicyclic) bond motifs is 1. The molecule has 9 heteroatoms. The summed E-state index contributed by atoms with van der Waals surface area (Å²) in [4.78, 5) is 44.1. The van der Waals surface area contributed by atoms with Crippen molar-refractivity contribution in [2.45, 2.75) is 33.2 Å². The Kier molecular flexibility index (Phi) is 5.89. The van der Waals surface area contributed by atoms with Gasteiger partial charge in [-0.25, -0.2) is 9.78 Å². The average Bonchev–Trinajstić information content (AvgIpc) is 3.37. The fourth-order valence-electron chi connectivity index (χ4n) is 3.80. The van der Waals surface area contributed by atoms with Gasteiger partial charge < -0.3 is 15.0 Å². The van der Waals surface area contributed by atoms with E-state index < -0.39 is 11.9 Å². The van der Waals surface area contributed by atoms with E-state index >= 15 is 0 Å². The van der Waals surface area contributed by atoms with E-state index in [0.717, 1.165) is 10.9 Å². The predicted octanol–water partition coefficient (Wildman–Crippen LogP) is 2.79. The van der Waals surface area contributed by atoms with Crippen LogP contribution in [-0.2, 0) is 14.3 Å². The molecule has 2 aromatic heterocycles. The molecule has 1 fully saturated rings. The van der Waals surface area contributed by atoms with Crippen molar-refractivity contribution >= 4 is 34.5 Å². The van der Waals surface area contributed by atoms with E-state index in [1.807, 2.05) is 44.2 Å². The molecule has 0 radical (unpaired) electrons. The fourth-order valence-corrected chi connectivity index (χ4v) is 3.80. The Morgan fingerprint density at radius 3 is 2.72 bits per heavy atom. The van der Waals surface area contributed by atoms with Crippen LogP contribution in [0.1, 0.15) is 37.6 Å². The summed E-state index contributed by atoms with van der Waals surface area (Å²) in [5.41, 5.74) is 0.879. The number of hydrogen-bond acceptors (Lipinski definition) is 6. The number of carbonyl (C=O) groups is 3. The number of benzene rings is 1. The Morgan fingerprint density at radius 2 is 2.00 bits per heavy atom. The van der Waals surface area contributed by atoms with Crippen LogP contribution in [-0.4, -0.2) is 56.6 Å². The molecule has 1 atom stereocenters. The van der Waals surface area contributed by atoms with Crippen LogP contribution in [0.15, 0.2) is 42.6 Å². The molecule has 0 spiro atoms. The molecular weight excluding hydrogens is 410 g/mol. The lowest BCUT2D eigenvalue weighted by Gasteiger charge is -2.20. The molecule has 1 aliphatic rings. The highest BCUT2D eigenvalue weighted by Gasteiger charge is 2.36. The minimum atomic E-state index is -0.596. The van der Waals surface area contributed by atoms with Gasteiger partial charge in [0.05, 0.1) is 24.2 Å². The summed E-state index contributed by atoms with van der Waals surface area (Å²) in [6, 6.07) is 11.3. The first kappa shape index (κ1) is 21.5. The smallest absolute Gasteiger partial charge is 0.343 e. The van der Waals surface area contributed by atoms with Crippen molar-refractivity contribution in [1.82, 2.24) is 19.7 Å². The monoisotopic (exact) mass is 435 g/mol. The standard InChI is InChI=1S/C23H25N5O4/c1-4-32-23(31)17-12-24-28(19-10-9-15-7-5-6-8-18(15)25-19)21(17)26-22(30)16-11-20(29)27(13-16)14(2)3/h5-10,12,14,16H,4,11,13H2,1-3H3,(H,26,30). The molecule has 2 amide bonds. The number of nitrogens with zero attached hydrogens (tertiary/aromatic N) is 4. The molecular formula is C23H25N5O4. The van der Waals surface area contributed by atoms with Crippen LogP contribution >= 0.6 is 0 Å². The molecule has 3 heterocycles. The summed E-state index contributed by atoms with van der Waals surface area (Å²) in [6.07, 6.45) is 1.48. The van der Waals surface area contributed by atoms with Crippen molar-refractivity contribution in [2.75, 3.05) is 18.5 Å². The number of aromatic nitrogens is 3. The number of rotatable bonds is 6. The third-order valence-electron chi connectivity index (χ3n) is 5.46. The van der Waals surface area contributed by atoms with Crippen molar-refractivity contribution < 1.29 is 19.1 Å². The van der Waals surface area contributed by atoms with E-state index in [-0.39, 0.29) is 42.3 Å². The lowest BCUT2D eigenvalue weighted by molar-refractivity contribution is -0.129. The van der Waals surface area contributed by atoms with Crippen molar-refractivity contribution in [3.05, 3.63) is 48.2 Å². The van der Waals surface area contributed by atoms with Crippen LogP contribution < -0.4 is 5.32 Å². The Morgan fingerprint density at radius 1 is 1.22 bits per heavy atom. The van der Waals surface area contributed by atoms with Crippen molar-refractivity contribution in [3.63, 3.8) is 0 Å². The van der Waals surface area contributed by atoms with Crippen molar-refractivity contribution in [3.8, 4) is 5.82 Å². The number of anilines is 1. The fraction of sp³-hybridized carbons (Fsp3) is 0.348. The number of hydrogen-bond donors (Lipinski definition) is 1. The highest BCUT2D eigenvalue weighted by molar-refractivity contribution is 6.02. The molecule has 32 heavy (non-hydrogen) atoms. The van der Waals surface area contributed by atoms with E-state index in [0.29, 0.717) is 12.4 Å². The zero-order chi connectivity index (χ0) is 22.8. The summed E-state index contributed by atoms with van der Waals surface area (Å²) in [6.45, 7) is 6.05. The first-order chi connectivity index (χ1) is 15.4. The number of amides is 2. The summed E-state index contributed by atoms with van der Waals surface area (Å²) in [5, 5.41) is 8.06. The van der Waals surface area contributed by atoms with Gasteiger partial charge in [-0.2, -0.15) is 9.78 Å². The topological polar surface area (TPSA) is 106 Å².